The standard InChI is InChI=1S/C16H27N3O2S/c1-15-6-3-4-7-16(15)14-22(20,21)17-8-5-9-19-12-10-18(2)11-13-19/h3-4,6-7,17H,5,8-14H2,1-2H3. The lowest BCUT2D eigenvalue weighted by Gasteiger charge is -2.32. The van der Waals surface area contributed by atoms with E-state index in [9.17, 15) is 8.42 Å². The number of hydrogen-bond acceptors (Lipinski definition) is 4. The first kappa shape index (κ1) is 17.4. The van der Waals surface area contributed by atoms with Crippen molar-refractivity contribution in [1.29, 1.82) is 0 Å². The molecule has 0 atom stereocenters. The van der Waals surface area contributed by atoms with E-state index < -0.39 is 10.0 Å². The second kappa shape index (κ2) is 8.06. The summed E-state index contributed by atoms with van der Waals surface area (Å²) in [7, 11) is -1.11. The van der Waals surface area contributed by atoms with E-state index in [1.165, 1.54) is 0 Å². The second-order valence-electron chi connectivity index (χ2n) is 6.08. The SMILES string of the molecule is Cc1ccccc1CS(=O)(=O)NCCCN1CCN(C)CC1. The summed E-state index contributed by atoms with van der Waals surface area (Å²) in [4.78, 5) is 4.72. The highest BCUT2D eigenvalue weighted by molar-refractivity contribution is 7.88. The quantitative estimate of drug-likeness (QED) is 0.762. The van der Waals surface area contributed by atoms with E-state index in [1.807, 2.05) is 31.2 Å². The van der Waals surface area contributed by atoms with Crippen LogP contribution >= 0.6 is 0 Å². The number of benzene rings is 1. The third-order valence-electron chi connectivity index (χ3n) is 4.18. The molecule has 2 rings (SSSR count). The Hall–Kier alpha value is -0.950. The van der Waals surface area contributed by atoms with Gasteiger partial charge < -0.3 is 9.80 Å². The predicted octanol–water partition coefficient (Wildman–Crippen LogP) is 1.05. The molecule has 0 unspecified atom stereocenters. The second-order valence-corrected chi connectivity index (χ2v) is 7.89. The zero-order valence-electron chi connectivity index (χ0n) is 13.6. The Morgan fingerprint density at radius 2 is 1.82 bits per heavy atom. The van der Waals surface area contributed by atoms with Gasteiger partial charge in [0.25, 0.3) is 0 Å². The zero-order valence-corrected chi connectivity index (χ0v) is 14.4. The number of rotatable bonds is 7. The number of sulfonamides is 1. The van der Waals surface area contributed by atoms with Crippen LogP contribution in [0.4, 0.5) is 0 Å². The van der Waals surface area contributed by atoms with Crippen molar-refractivity contribution in [2.24, 2.45) is 0 Å². The maximum absolute atomic E-state index is 12.1. The molecule has 5 nitrogen and oxygen atoms in total. The minimum absolute atomic E-state index is 0.0637. The van der Waals surface area contributed by atoms with E-state index >= 15 is 0 Å². The first-order valence-corrected chi connectivity index (χ1v) is 9.54. The Morgan fingerprint density at radius 3 is 2.50 bits per heavy atom. The van der Waals surface area contributed by atoms with E-state index in [0.717, 1.165) is 50.3 Å². The zero-order chi connectivity index (χ0) is 16.0. The minimum Gasteiger partial charge on any atom is -0.304 e. The lowest BCUT2D eigenvalue weighted by Crippen LogP contribution is -2.45. The summed E-state index contributed by atoms with van der Waals surface area (Å²) in [5.74, 6) is 0.0637. The van der Waals surface area contributed by atoms with Gasteiger partial charge in [-0.25, -0.2) is 13.1 Å². The van der Waals surface area contributed by atoms with Gasteiger partial charge in [0.1, 0.15) is 0 Å². The van der Waals surface area contributed by atoms with Crippen LogP contribution in [0.25, 0.3) is 0 Å². The van der Waals surface area contributed by atoms with Crippen LogP contribution in [0.15, 0.2) is 24.3 Å². The van der Waals surface area contributed by atoms with Gasteiger partial charge in [0, 0.05) is 32.7 Å². The number of likely N-dealkylation sites (N-methyl/N-ethyl adjacent to an activating group) is 1. The van der Waals surface area contributed by atoms with Gasteiger partial charge in [-0.1, -0.05) is 24.3 Å². The number of nitrogens with zero attached hydrogens (tertiary/aromatic N) is 2. The van der Waals surface area contributed by atoms with Crippen LogP contribution in [0.1, 0.15) is 17.5 Å². The Balaban J connectivity index is 1.70. The Morgan fingerprint density at radius 1 is 1.14 bits per heavy atom. The van der Waals surface area contributed by atoms with Crippen molar-refractivity contribution in [2.75, 3.05) is 46.3 Å². The molecular formula is C16H27N3O2S. The van der Waals surface area contributed by atoms with Crippen molar-refractivity contribution in [2.45, 2.75) is 19.1 Å². The van der Waals surface area contributed by atoms with Crippen LogP contribution < -0.4 is 4.72 Å². The van der Waals surface area contributed by atoms with Crippen molar-refractivity contribution in [3.8, 4) is 0 Å². The van der Waals surface area contributed by atoms with Crippen molar-refractivity contribution < 1.29 is 8.42 Å². The molecule has 0 spiro atoms. The van der Waals surface area contributed by atoms with Crippen molar-refractivity contribution in [3.63, 3.8) is 0 Å². The van der Waals surface area contributed by atoms with E-state index in [2.05, 4.69) is 21.6 Å². The van der Waals surface area contributed by atoms with Gasteiger partial charge in [-0.15, -0.1) is 0 Å². The van der Waals surface area contributed by atoms with Crippen molar-refractivity contribution in [1.82, 2.24) is 14.5 Å². The van der Waals surface area contributed by atoms with Crippen molar-refractivity contribution in [3.05, 3.63) is 35.4 Å². The molecule has 124 valence electrons. The molecule has 22 heavy (non-hydrogen) atoms. The fourth-order valence-corrected chi connectivity index (χ4v) is 3.92. The summed E-state index contributed by atoms with van der Waals surface area (Å²) in [6.07, 6.45) is 0.858. The summed E-state index contributed by atoms with van der Waals surface area (Å²) in [6.45, 7) is 7.76. The maximum Gasteiger partial charge on any atom is 0.215 e. The van der Waals surface area contributed by atoms with E-state index in [-0.39, 0.29) is 5.75 Å². The van der Waals surface area contributed by atoms with Crippen LogP contribution in [0.3, 0.4) is 0 Å². The summed E-state index contributed by atoms with van der Waals surface area (Å²) in [6, 6.07) is 7.62. The summed E-state index contributed by atoms with van der Waals surface area (Å²) in [5.41, 5.74) is 1.89. The average Bonchev–Trinajstić information content (AvgIpc) is 2.48. The third-order valence-corrected chi connectivity index (χ3v) is 5.51. The topological polar surface area (TPSA) is 52.7 Å². The molecule has 1 fully saturated rings. The Labute approximate surface area is 134 Å². The van der Waals surface area contributed by atoms with Gasteiger partial charge in [-0.05, 0) is 38.1 Å². The molecule has 0 saturated carbocycles. The molecule has 0 amide bonds. The van der Waals surface area contributed by atoms with Crippen LogP contribution in [0.5, 0.6) is 0 Å². The molecule has 1 aromatic rings. The summed E-state index contributed by atoms with van der Waals surface area (Å²) < 4.78 is 26.9. The molecule has 1 heterocycles. The smallest absolute Gasteiger partial charge is 0.215 e. The van der Waals surface area contributed by atoms with Crippen molar-refractivity contribution >= 4 is 10.0 Å². The fraction of sp³-hybridized carbons (Fsp3) is 0.625. The van der Waals surface area contributed by atoms with Gasteiger partial charge in [-0.2, -0.15) is 0 Å². The van der Waals surface area contributed by atoms with Gasteiger partial charge in [0.15, 0.2) is 0 Å². The average molecular weight is 325 g/mol. The molecule has 1 aliphatic rings. The van der Waals surface area contributed by atoms with Crippen LogP contribution in [0.2, 0.25) is 0 Å². The Kier molecular flexibility index (Phi) is 6.37. The Bertz CT molecular complexity index is 567. The lowest BCUT2D eigenvalue weighted by atomic mass is 10.1. The predicted molar refractivity (Wildman–Crippen MR) is 90.4 cm³/mol. The highest BCUT2D eigenvalue weighted by Gasteiger charge is 2.15. The normalized spacial score (nSPS) is 17.7. The van der Waals surface area contributed by atoms with E-state index in [0.29, 0.717) is 6.54 Å². The molecule has 1 saturated heterocycles. The molecule has 0 aromatic heterocycles. The number of aryl methyl sites for hydroxylation is 1. The molecule has 1 aliphatic heterocycles. The lowest BCUT2D eigenvalue weighted by molar-refractivity contribution is 0.153. The minimum atomic E-state index is -3.25. The van der Waals surface area contributed by atoms with Gasteiger partial charge in [0.05, 0.1) is 5.75 Å². The van der Waals surface area contributed by atoms with Gasteiger partial charge >= 0.3 is 0 Å². The van der Waals surface area contributed by atoms with Crippen LogP contribution in [-0.2, 0) is 15.8 Å². The molecule has 1 N–H and O–H groups in total. The summed E-state index contributed by atoms with van der Waals surface area (Å²) >= 11 is 0. The van der Waals surface area contributed by atoms with Crippen LogP contribution in [0, 0.1) is 6.92 Å². The third kappa shape index (κ3) is 5.68. The first-order valence-electron chi connectivity index (χ1n) is 7.89. The highest BCUT2D eigenvalue weighted by atomic mass is 32.2. The molecule has 1 aromatic carbocycles. The molecule has 6 heteroatoms. The van der Waals surface area contributed by atoms with Crippen LogP contribution in [-0.4, -0.2) is 64.5 Å². The fourth-order valence-electron chi connectivity index (χ4n) is 2.63. The molecule has 0 radical (unpaired) electrons. The molecular weight excluding hydrogens is 298 g/mol. The first-order chi connectivity index (χ1) is 10.5. The van der Waals surface area contributed by atoms with E-state index in [1.54, 1.807) is 0 Å². The number of piperazine rings is 1. The number of nitrogens with one attached hydrogen (secondary N) is 1. The molecule has 0 bridgehead atoms. The number of hydrogen-bond donors (Lipinski definition) is 1. The maximum atomic E-state index is 12.1. The molecule has 0 aliphatic carbocycles. The summed E-state index contributed by atoms with van der Waals surface area (Å²) in [5, 5.41) is 0. The monoisotopic (exact) mass is 325 g/mol. The van der Waals surface area contributed by atoms with E-state index in [4.69, 9.17) is 0 Å². The van der Waals surface area contributed by atoms with Gasteiger partial charge in [0.2, 0.25) is 10.0 Å². The van der Waals surface area contributed by atoms with Gasteiger partial charge in [-0.3, -0.25) is 0 Å². The highest BCUT2D eigenvalue weighted by Crippen LogP contribution is 2.10. The largest absolute Gasteiger partial charge is 0.304 e.